The molecule has 0 bridgehead atoms. The van der Waals surface area contributed by atoms with Gasteiger partial charge in [0, 0.05) is 13.0 Å². The number of allylic oxidation sites excluding steroid dienone is 12. The van der Waals surface area contributed by atoms with Gasteiger partial charge in [-0.05, 0) is 64.2 Å². The van der Waals surface area contributed by atoms with E-state index in [2.05, 4.69) is 86.8 Å². The minimum absolute atomic E-state index is 0.125. The summed E-state index contributed by atoms with van der Waals surface area (Å²) in [5, 5.41) is 39.9. The number of aliphatic hydroxyl groups excluding tert-OH is 4. The van der Waals surface area contributed by atoms with Crippen LogP contribution in [0.25, 0.3) is 0 Å². The van der Waals surface area contributed by atoms with Gasteiger partial charge in [-0.2, -0.15) is 0 Å². The summed E-state index contributed by atoms with van der Waals surface area (Å²) in [6.07, 6.45) is 38.2. The average Bonchev–Trinajstić information content (AvgIpc) is 3.16. The number of aliphatic hydroxyl groups is 4. The second kappa shape index (κ2) is 35.3. The molecular formula is C44H74O9. The second-order valence-electron chi connectivity index (χ2n) is 13.7. The Kier molecular flexibility index (Phi) is 32.4. The average molecular weight is 747 g/mol. The van der Waals surface area contributed by atoms with Crippen molar-refractivity contribution in [2.24, 2.45) is 0 Å². The monoisotopic (exact) mass is 747 g/mol. The third-order valence-electron chi connectivity index (χ3n) is 8.89. The fourth-order valence-corrected chi connectivity index (χ4v) is 5.67. The van der Waals surface area contributed by atoms with Crippen LogP contribution in [0.1, 0.15) is 136 Å². The highest BCUT2D eigenvalue weighted by Crippen LogP contribution is 2.22. The Bertz CT molecular complexity index is 1030. The smallest absolute Gasteiger partial charge is 0.306 e. The SMILES string of the molecule is CC/C=C\C/C=C\C/C=C\C/C=C\C/C=C\C/C=C\CCCCCCCOCC(COC1OC(CO)C(O)C(O)C1O)OC(=O)CCCCCCCC. The van der Waals surface area contributed by atoms with Gasteiger partial charge >= 0.3 is 5.97 Å². The van der Waals surface area contributed by atoms with E-state index in [-0.39, 0.29) is 19.2 Å². The van der Waals surface area contributed by atoms with Gasteiger partial charge in [-0.1, -0.05) is 138 Å². The van der Waals surface area contributed by atoms with Crippen LogP contribution in [0.5, 0.6) is 0 Å². The summed E-state index contributed by atoms with van der Waals surface area (Å²) in [5.41, 5.74) is 0. The molecule has 0 spiro atoms. The number of ether oxygens (including phenoxy) is 4. The second-order valence-corrected chi connectivity index (χ2v) is 13.7. The van der Waals surface area contributed by atoms with E-state index < -0.39 is 43.4 Å². The molecule has 0 aromatic carbocycles. The van der Waals surface area contributed by atoms with Crippen LogP contribution in [0.4, 0.5) is 0 Å². The summed E-state index contributed by atoms with van der Waals surface area (Å²) in [6, 6.07) is 0. The van der Waals surface area contributed by atoms with Gasteiger partial charge in [0.2, 0.25) is 0 Å². The molecule has 0 aromatic heterocycles. The lowest BCUT2D eigenvalue weighted by Gasteiger charge is -2.39. The van der Waals surface area contributed by atoms with Crippen LogP contribution in [0.3, 0.4) is 0 Å². The zero-order valence-corrected chi connectivity index (χ0v) is 33.0. The lowest BCUT2D eigenvalue weighted by atomic mass is 9.99. The molecule has 1 fully saturated rings. The predicted octanol–water partition coefficient (Wildman–Crippen LogP) is 8.52. The van der Waals surface area contributed by atoms with Crippen molar-refractivity contribution in [1.29, 1.82) is 0 Å². The van der Waals surface area contributed by atoms with E-state index in [9.17, 15) is 25.2 Å². The van der Waals surface area contributed by atoms with Gasteiger partial charge < -0.3 is 39.4 Å². The van der Waals surface area contributed by atoms with Crippen LogP contribution >= 0.6 is 0 Å². The molecule has 1 rings (SSSR count). The van der Waals surface area contributed by atoms with Crippen LogP contribution in [0.2, 0.25) is 0 Å². The van der Waals surface area contributed by atoms with Gasteiger partial charge in [-0.3, -0.25) is 4.79 Å². The predicted molar refractivity (Wildman–Crippen MR) is 214 cm³/mol. The van der Waals surface area contributed by atoms with Crippen molar-refractivity contribution in [1.82, 2.24) is 0 Å². The fourth-order valence-electron chi connectivity index (χ4n) is 5.67. The first kappa shape index (κ1) is 48.6. The quantitative estimate of drug-likeness (QED) is 0.0296. The zero-order valence-electron chi connectivity index (χ0n) is 33.0. The number of carbonyl (C=O) groups excluding carboxylic acids is 1. The van der Waals surface area contributed by atoms with Crippen LogP contribution in [-0.2, 0) is 23.7 Å². The molecule has 6 atom stereocenters. The number of hydrogen-bond acceptors (Lipinski definition) is 9. The molecule has 0 radical (unpaired) electrons. The van der Waals surface area contributed by atoms with E-state index in [4.69, 9.17) is 18.9 Å². The third kappa shape index (κ3) is 27.0. The van der Waals surface area contributed by atoms with Crippen molar-refractivity contribution in [3.8, 4) is 0 Å². The third-order valence-corrected chi connectivity index (χ3v) is 8.89. The zero-order chi connectivity index (χ0) is 38.6. The highest BCUT2D eigenvalue weighted by Gasteiger charge is 2.44. The van der Waals surface area contributed by atoms with Crippen molar-refractivity contribution in [2.45, 2.75) is 173 Å². The van der Waals surface area contributed by atoms with E-state index >= 15 is 0 Å². The Morgan fingerprint density at radius 2 is 1.15 bits per heavy atom. The van der Waals surface area contributed by atoms with Gasteiger partial charge in [0.1, 0.15) is 30.5 Å². The molecule has 9 nitrogen and oxygen atoms in total. The number of carbonyl (C=O) groups is 1. The van der Waals surface area contributed by atoms with Gasteiger partial charge in [0.15, 0.2) is 6.29 Å². The van der Waals surface area contributed by atoms with E-state index in [1.165, 1.54) is 19.3 Å². The standard InChI is InChI=1S/C44H74O9/c1-3-5-7-9-11-12-13-14-15-16-17-18-19-20-21-22-23-24-25-26-27-28-30-32-34-50-36-38(52-40(46)33-31-29-10-8-6-4-2)37-51-44-43(49)42(48)41(47)39(35-45)53-44/h5,7,11-12,14-15,17-18,20-21,23-24,38-39,41-45,47-49H,3-4,6,8-10,13,16,19,22,25-37H2,1-2H3/b7-5-,12-11-,15-14-,18-17-,21-20-,24-23-. The molecule has 0 aromatic rings. The van der Waals surface area contributed by atoms with Crippen LogP contribution in [-0.4, -0.2) is 89.6 Å². The van der Waals surface area contributed by atoms with Crippen molar-refractivity contribution >= 4 is 5.97 Å². The molecule has 0 aliphatic carbocycles. The topological polar surface area (TPSA) is 135 Å². The molecule has 4 N–H and O–H groups in total. The summed E-state index contributed by atoms with van der Waals surface area (Å²) in [7, 11) is 0. The summed E-state index contributed by atoms with van der Waals surface area (Å²) in [6.45, 7) is 4.30. The normalized spacial score (nSPS) is 21.8. The lowest BCUT2D eigenvalue weighted by Crippen LogP contribution is -2.59. The Balaban J connectivity index is 2.21. The number of rotatable bonds is 33. The van der Waals surface area contributed by atoms with Crippen molar-refractivity contribution in [3.63, 3.8) is 0 Å². The molecule has 0 amide bonds. The van der Waals surface area contributed by atoms with E-state index in [1.807, 2.05) is 0 Å². The maximum absolute atomic E-state index is 12.6. The maximum atomic E-state index is 12.6. The van der Waals surface area contributed by atoms with Crippen LogP contribution in [0, 0.1) is 0 Å². The fraction of sp³-hybridized carbons (Fsp3) is 0.705. The van der Waals surface area contributed by atoms with Crippen molar-refractivity contribution < 1.29 is 44.2 Å². The largest absolute Gasteiger partial charge is 0.457 e. The molecule has 9 heteroatoms. The Morgan fingerprint density at radius 3 is 1.74 bits per heavy atom. The van der Waals surface area contributed by atoms with Crippen LogP contribution in [0.15, 0.2) is 72.9 Å². The first-order valence-electron chi connectivity index (χ1n) is 20.5. The highest BCUT2D eigenvalue weighted by molar-refractivity contribution is 5.69. The van der Waals surface area contributed by atoms with Crippen molar-refractivity contribution in [3.05, 3.63) is 72.9 Å². The minimum atomic E-state index is -1.54. The lowest BCUT2D eigenvalue weighted by molar-refractivity contribution is -0.305. The summed E-state index contributed by atoms with van der Waals surface area (Å²) in [5.74, 6) is -0.335. The number of esters is 1. The van der Waals surface area contributed by atoms with Gasteiger partial charge in [-0.15, -0.1) is 0 Å². The summed E-state index contributed by atoms with van der Waals surface area (Å²) >= 11 is 0. The minimum Gasteiger partial charge on any atom is -0.457 e. The number of hydrogen-bond donors (Lipinski definition) is 4. The van der Waals surface area contributed by atoms with Gasteiger partial charge in [-0.25, -0.2) is 0 Å². The molecule has 6 unspecified atom stereocenters. The Morgan fingerprint density at radius 1 is 0.623 bits per heavy atom. The molecular weight excluding hydrogens is 672 g/mol. The molecule has 0 saturated carbocycles. The van der Waals surface area contributed by atoms with Crippen LogP contribution < -0.4 is 0 Å². The van der Waals surface area contributed by atoms with E-state index in [0.717, 1.165) is 96.3 Å². The molecule has 1 aliphatic heterocycles. The number of unbranched alkanes of at least 4 members (excludes halogenated alkanes) is 10. The summed E-state index contributed by atoms with van der Waals surface area (Å²) < 4.78 is 22.6. The van der Waals surface area contributed by atoms with Gasteiger partial charge in [0.25, 0.3) is 0 Å². The van der Waals surface area contributed by atoms with E-state index in [1.54, 1.807) is 0 Å². The first-order valence-corrected chi connectivity index (χ1v) is 20.5. The molecule has 304 valence electrons. The highest BCUT2D eigenvalue weighted by atomic mass is 16.7. The Hall–Kier alpha value is -2.37. The molecule has 1 heterocycles. The van der Waals surface area contributed by atoms with E-state index in [0.29, 0.717) is 13.0 Å². The summed E-state index contributed by atoms with van der Waals surface area (Å²) in [4.78, 5) is 12.6. The van der Waals surface area contributed by atoms with Crippen molar-refractivity contribution in [2.75, 3.05) is 26.4 Å². The molecule has 53 heavy (non-hydrogen) atoms. The van der Waals surface area contributed by atoms with Gasteiger partial charge in [0.05, 0.1) is 19.8 Å². The molecule has 1 saturated heterocycles. The Labute approximate surface area is 321 Å². The first-order chi connectivity index (χ1) is 25.9. The maximum Gasteiger partial charge on any atom is 0.306 e. The molecule has 1 aliphatic rings.